The molecule has 1 aromatic carbocycles. The third-order valence-corrected chi connectivity index (χ3v) is 1.78. The van der Waals surface area contributed by atoms with Crippen LogP contribution in [0.1, 0.15) is 13.3 Å². The first-order chi connectivity index (χ1) is 6.61. The minimum Gasteiger partial charge on any atom is -0.489 e. The maximum atomic E-state index is 12.7. The van der Waals surface area contributed by atoms with E-state index in [1.54, 1.807) is 0 Å². The van der Waals surface area contributed by atoms with Gasteiger partial charge in [-0.1, -0.05) is 13.5 Å². The Hall–Kier alpha value is -1.38. The Morgan fingerprint density at radius 2 is 1.86 bits per heavy atom. The molecule has 1 aromatic rings. The van der Waals surface area contributed by atoms with Crippen LogP contribution in [0.2, 0.25) is 0 Å². The van der Waals surface area contributed by atoms with Crippen molar-refractivity contribution in [1.29, 1.82) is 0 Å². The molecule has 1 rings (SSSR count). The SMILES string of the molecule is C=C(CC)COc1cc(F)cc(F)c1. The lowest BCUT2D eigenvalue weighted by atomic mass is 10.2. The number of hydrogen-bond donors (Lipinski definition) is 0. The topological polar surface area (TPSA) is 9.23 Å². The number of hydrogen-bond acceptors (Lipinski definition) is 1. The summed E-state index contributed by atoms with van der Waals surface area (Å²) in [5, 5.41) is 0. The zero-order valence-electron chi connectivity index (χ0n) is 8.02. The molecule has 0 heterocycles. The first kappa shape index (κ1) is 10.7. The van der Waals surface area contributed by atoms with Crippen LogP contribution in [0.5, 0.6) is 5.75 Å². The molecule has 76 valence electrons. The average Bonchev–Trinajstić information content (AvgIpc) is 2.12. The van der Waals surface area contributed by atoms with Gasteiger partial charge in [-0.3, -0.25) is 0 Å². The predicted molar refractivity (Wildman–Crippen MR) is 51.3 cm³/mol. The Morgan fingerprint density at radius 3 is 2.36 bits per heavy atom. The van der Waals surface area contributed by atoms with Crippen molar-refractivity contribution in [2.45, 2.75) is 13.3 Å². The zero-order valence-corrected chi connectivity index (χ0v) is 8.02. The van der Waals surface area contributed by atoms with Gasteiger partial charge in [-0.25, -0.2) is 8.78 Å². The summed E-state index contributed by atoms with van der Waals surface area (Å²) < 4.78 is 30.5. The molecule has 0 saturated heterocycles. The van der Waals surface area contributed by atoms with Crippen LogP contribution in [0.4, 0.5) is 8.78 Å². The largest absolute Gasteiger partial charge is 0.489 e. The van der Waals surface area contributed by atoms with Gasteiger partial charge >= 0.3 is 0 Å². The smallest absolute Gasteiger partial charge is 0.129 e. The molecule has 0 aromatic heterocycles. The summed E-state index contributed by atoms with van der Waals surface area (Å²) in [5.41, 5.74) is 0.884. The highest BCUT2D eigenvalue weighted by molar-refractivity contribution is 5.24. The Morgan fingerprint density at radius 1 is 1.29 bits per heavy atom. The molecular formula is C11H12F2O. The van der Waals surface area contributed by atoms with Gasteiger partial charge in [-0.15, -0.1) is 0 Å². The van der Waals surface area contributed by atoms with Gasteiger partial charge in [0.15, 0.2) is 0 Å². The molecule has 14 heavy (non-hydrogen) atoms. The van der Waals surface area contributed by atoms with Crippen molar-refractivity contribution in [2.24, 2.45) is 0 Å². The molecule has 0 aliphatic heterocycles. The number of benzene rings is 1. The van der Waals surface area contributed by atoms with Gasteiger partial charge in [0.2, 0.25) is 0 Å². The summed E-state index contributed by atoms with van der Waals surface area (Å²) >= 11 is 0. The third-order valence-electron chi connectivity index (χ3n) is 1.78. The van der Waals surface area contributed by atoms with Crippen LogP contribution in [-0.2, 0) is 0 Å². The second-order valence-corrected chi connectivity index (χ2v) is 3.00. The molecule has 0 N–H and O–H groups in total. The molecule has 3 heteroatoms. The maximum Gasteiger partial charge on any atom is 0.129 e. The molecule has 0 fully saturated rings. The highest BCUT2D eigenvalue weighted by Crippen LogP contribution is 2.16. The predicted octanol–water partition coefficient (Wildman–Crippen LogP) is 3.31. The van der Waals surface area contributed by atoms with Crippen LogP contribution < -0.4 is 4.74 Å². The van der Waals surface area contributed by atoms with Crippen molar-refractivity contribution in [3.8, 4) is 5.75 Å². The summed E-state index contributed by atoms with van der Waals surface area (Å²) in [5.74, 6) is -1.08. The van der Waals surface area contributed by atoms with Gasteiger partial charge in [-0.05, 0) is 12.0 Å². The van der Waals surface area contributed by atoms with Crippen molar-refractivity contribution in [1.82, 2.24) is 0 Å². The number of halogens is 2. The maximum absolute atomic E-state index is 12.7. The van der Waals surface area contributed by atoms with Gasteiger partial charge in [0.05, 0.1) is 0 Å². The molecule has 0 atom stereocenters. The van der Waals surface area contributed by atoms with E-state index in [4.69, 9.17) is 4.74 Å². The normalized spacial score (nSPS) is 9.93. The average molecular weight is 198 g/mol. The molecule has 1 nitrogen and oxygen atoms in total. The zero-order chi connectivity index (χ0) is 10.6. The van der Waals surface area contributed by atoms with Crippen LogP contribution >= 0.6 is 0 Å². The minimum absolute atomic E-state index is 0.192. The lowest BCUT2D eigenvalue weighted by Gasteiger charge is -2.06. The minimum atomic E-state index is -0.637. The Labute approximate surface area is 82.0 Å². The van der Waals surface area contributed by atoms with Crippen molar-refractivity contribution in [3.63, 3.8) is 0 Å². The van der Waals surface area contributed by atoms with Gasteiger partial charge < -0.3 is 4.74 Å². The van der Waals surface area contributed by atoms with Crippen LogP contribution in [0.15, 0.2) is 30.4 Å². The summed E-state index contributed by atoms with van der Waals surface area (Å²) in [4.78, 5) is 0. The van der Waals surface area contributed by atoms with Crippen LogP contribution in [0.25, 0.3) is 0 Å². The Balaban J connectivity index is 2.63. The van der Waals surface area contributed by atoms with E-state index in [2.05, 4.69) is 6.58 Å². The van der Waals surface area contributed by atoms with E-state index in [1.165, 1.54) is 0 Å². The molecule has 0 saturated carbocycles. The molecule has 0 aliphatic carbocycles. The summed E-state index contributed by atoms with van der Waals surface area (Å²) in [7, 11) is 0. The van der Waals surface area contributed by atoms with Crippen molar-refractivity contribution < 1.29 is 13.5 Å². The second kappa shape index (κ2) is 4.74. The highest BCUT2D eigenvalue weighted by Gasteiger charge is 2.01. The van der Waals surface area contributed by atoms with Crippen LogP contribution in [-0.4, -0.2) is 6.61 Å². The van der Waals surface area contributed by atoms with Gasteiger partial charge in [0, 0.05) is 18.2 Å². The summed E-state index contributed by atoms with van der Waals surface area (Å²) in [6, 6.07) is 3.10. The highest BCUT2D eigenvalue weighted by atomic mass is 19.1. The van der Waals surface area contributed by atoms with Crippen molar-refractivity contribution >= 4 is 0 Å². The van der Waals surface area contributed by atoms with Crippen molar-refractivity contribution in [2.75, 3.05) is 6.61 Å². The standard InChI is InChI=1S/C11H12F2O/c1-3-8(2)7-14-11-5-9(12)4-10(13)6-11/h4-6H,2-3,7H2,1H3. The fourth-order valence-electron chi connectivity index (χ4n) is 0.899. The first-order valence-corrected chi connectivity index (χ1v) is 4.37. The molecule has 0 radical (unpaired) electrons. The second-order valence-electron chi connectivity index (χ2n) is 3.00. The van der Waals surface area contributed by atoms with E-state index in [0.717, 1.165) is 30.2 Å². The van der Waals surface area contributed by atoms with E-state index in [9.17, 15) is 8.78 Å². The molecule has 0 aliphatic rings. The van der Waals surface area contributed by atoms with Gasteiger partial charge in [-0.2, -0.15) is 0 Å². The van der Waals surface area contributed by atoms with Gasteiger partial charge in [0.25, 0.3) is 0 Å². The molecule has 0 bridgehead atoms. The first-order valence-electron chi connectivity index (χ1n) is 4.37. The fraction of sp³-hybridized carbons (Fsp3) is 0.273. The van der Waals surface area contributed by atoms with Crippen LogP contribution in [0, 0.1) is 11.6 Å². The quantitative estimate of drug-likeness (QED) is 0.674. The summed E-state index contributed by atoms with van der Waals surface area (Å²) in [6.07, 6.45) is 0.789. The lowest BCUT2D eigenvalue weighted by molar-refractivity contribution is 0.344. The van der Waals surface area contributed by atoms with E-state index in [1.807, 2.05) is 6.92 Å². The van der Waals surface area contributed by atoms with E-state index in [0.29, 0.717) is 6.61 Å². The van der Waals surface area contributed by atoms with Crippen molar-refractivity contribution in [3.05, 3.63) is 42.0 Å². The number of ether oxygens (including phenoxy) is 1. The Bertz CT molecular complexity index is 314. The Kier molecular flexibility index (Phi) is 3.63. The monoisotopic (exact) mass is 198 g/mol. The molecular weight excluding hydrogens is 186 g/mol. The third kappa shape index (κ3) is 3.17. The van der Waals surface area contributed by atoms with E-state index in [-0.39, 0.29) is 5.75 Å². The molecule has 0 spiro atoms. The molecule has 0 unspecified atom stereocenters. The summed E-state index contributed by atoms with van der Waals surface area (Å²) in [6.45, 7) is 5.95. The molecule has 0 amide bonds. The van der Waals surface area contributed by atoms with E-state index < -0.39 is 11.6 Å². The van der Waals surface area contributed by atoms with Crippen LogP contribution in [0.3, 0.4) is 0 Å². The lowest BCUT2D eigenvalue weighted by Crippen LogP contribution is -2.00. The number of rotatable bonds is 4. The fourth-order valence-corrected chi connectivity index (χ4v) is 0.899. The van der Waals surface area contributed by atoms with Gasteiger partial charge in [0.1, 0.15) is 24.0 Å². The van der Waals surface area contributed by atoms with E-state index >= 15 is 0 Å².